The monoisotopic (exact) mass is 379 g/mol. The smallest absolute Gasteiger partial charge is 0.280 e. The van der Waals surface area contributed by atoms with Crippen LogP contribution in [0.15, 0.2) is 64.5 Å². The maximum atomic E-state index is 12.5. The number of nitrogens with zero attached hydrogens (tertiary/aromatic N) is 2. The molecule has 0 aliphatic carbocycles. The Balaban J connectivity index is 1.62. The Morgan fingerprint density at radius 2 is 1.89 bits per heavy atom. The number of hydrazone groups is 1. The summed E-state index contributed by atoms with van der Waals surface area (Å²) in [5.74, 6) is 0.293. The van der Waals surface area contributed by atoms with Crippen molar-refractivity contribution in [2.75, 3.05) is 19.0 Å². The summed E-state index contributed by atoms with van der Waals surface area (Å²) in [6, 6.07) is 16.5. The third-order valence-corrected chi connectivity index (χ3v) is 4.06. The molecule has 1 aromatic heterocycles. The van der Waals surface area contributed by atoms with E-state index in [1.807, 2.05) is 48.5 Å². The number of amides is 1. The van der Waals surface area contributed by atoms with Gasteiger partial charge in [-0.15, -0.1) is 0 Å². The summed E-state index contributed by atoms with van der Waals surface area (Å²) < 4.78 is 6.65. The van der Waals surface area contributed by atoms with Gasteiger partial charge in [-0.1, -0.05) is 30.3 Å². The molecule has 8 nitrogen and oxygen atoms in total. The zero-order valence-corrected chi connectivity index (χ0v) is 15.6. The van der Waals surface area contributed by atoms with Crippen molar-refractivity contribution in [2.45, 2.75) is 6.92 Å². The first-order valence-corrected chi connectivity index (χ1v) is 8.66. The molecule has 0 fully saturated rings. The molecule has 3 N–H and O–H groups in total. The first-order valence-electron chi connectivity index (χ1n) is 8.66. The number of carbonyl (C=O) groups is 1. The van der Waals surface area contributed by atoms with Crippen molar-refractivity contribution >= 4 is 17.8 Å². The highest BCUT2D eigenvalue weighted by molar-refractivity contribution is 5.85. The van der Waals surface area contributed by atoms with Gasteiger partial charge >= 0.3 is 0 Å². The average Bonchev–Trinajstić information content (AvgIpc) is 3.01. The molecule has 2 aromatic carbocycles. The number of benzene rings is 2. The molecule has 3 rings (SSSR count). The Hall–Kier alpha value is -3.81. The van der Waals surface area contributed by atoms with Crippen molar-refractivity contribution in [2.24, 2.45) is 5.10 Å². The lowest BCUT2D eigenvalue weighted by Crippen LogP contribution is -2.26. The average molecular weight is 379 g/mol. The van der Waals surface area contributed by atoms with E-state index in [1.54, 1.807) is 20.1 Å². The van der Waals surface area contributed by atoms with Crippen LogP contribution in [0.5, 0.6) is 5.75 Å². The van der Waals surface area contributed by atoms with Crippen molar-refractivity contribution < 1.29 is 9.53 Å². The van der Waals surface area contributed by atoms with Gasteiger partial charge in [-0.05, 0) is 31.2 Å². The van der Waals surface area contributed by atoms with Gasteiger partial charge in [0.1, 0.15) is 5.75 Å². The van der Waals surface area contributed by atoms with E-state index in [0.29, 0.717) is 22.7 Å². The van der Waals surface area contributed by atoms with Gasteiger partial charge in [0.25, 0.3) is 11.5 Å². The van der Waals surface area contributed by atoms with Crippen LogP contribution in [0.4, 0.5) is 5.69 Å². The number of nitrogens with one attached hydrogen (secondary N) is 3. The quantitative estimate of drug-likeness (QED) is 0.432. The number of aromatic amines is 1. The van der Waals surface area contributed by atoms with E-state index in [-0.39, 0.29) is 18.0 Å². The Bertz CT molecular complexity index is 1040. The molecule has 0 saturated heterocycles. The number of rotatable bonds is 7. The maximum absolute atomic E-state index is 12.5. The summed E-state index contributed by atoms with van der Waals surface area (Å²) >= 11 is 0. The van der Waals surface area contributed by atoms with Gasteiger partial charge in [0.2, 0.25) is 0 Å². The fraction of sp³-hybridized carbons (Fsp3) is 0.150. The number of H-pyrrole nitrogens is 1. The zero-order chi connectivity index (χ0) is 19.9. The van der Waals surface area contributed by atoms with Crippen molar-refractivity contribution in [1.29, 1.82) is 0 Å². The van der Waals surface area contributed by atoms with Crippen LogP contribution in [0.25, 0.3) is 5.69 Å². The summed E-state index contributed by atoms with van der Waals surface area (Å²) in [5, 5.41) is 9.87. The Labute approximate surface area is 161 Å². The molecule has 0 unspecified atom stereocenters. The number of carbonyl (C=O) groups excluding carboxylic acids is 1. The molecular formula is C20H21N5O3. The molecule has 1 amide bonds. The molecule has 0 radical (unpaired) electrons. The van der Waals surface area contributed by atoms with E-state index in [2.05, 4.69) is 20.9 Å². The van der Waals surface area contributed by atoms with Crippen molar-refractivity contribution in [3.8, 4) is 11.4 Å². The van der Waals surface area contributed by atoms with E-state index in [4.69, 9.17) is 4.74 Å². The number of hydrogen-bond donors (Lipinski definition) is 3. The largest absolute Gasteiger partial charge is 0.495 e. The van der Waals surface area contributed by atoms with Crippen LogP contribution in [0.3, 0.4) is 0 Å². The highest BCUT2D eigenvalue weighted by atomic mass is 16.5. The van der Waals surface area contributed by atoms with Crippen molar-refractivity contribution in [1.82, 2.24) is 15.2 Å². The molecule has 0 saturated carbocycles. The van der Waals surface area contributed by atoms with Gasteiger partial charge in [0.05, 0.1) is 36.8 Å². The molecule has 8 heteroatoms. The summed E-state index contributed by atoms with van der Waals surface area (Å²) in [7, 11) is 1.56. The van der Waals surface area contributed by atoms with Crippen LogP contribution in [-0.2, 0) is 4.79 Å². The predicted octanol–water partition coefficient (Wildman–Crippen LogP) is 2.04. The molecule has 3 aromatic rings. The fourth-order valence-corrected chi connectivity index (χ4v) is 2.65. The molecule has 0 atom stereocenters. The SMILES string of the molecule is COc1ccccc1NCC(=O)N/N=C\c1c(C)[nH]n(-c2ccccc2)c1=O. The Morgan fingerprint density at radius 1 is 1.18 bits per heavy atom. The fourth-order valence-electron chi connectivity index (χ4n) is 2.65. The molecule has 0 aliphatic rings. The predicted molar refractivity (Wildman–Crippen MR) is 108 cm³/mol. The number of methoxy groups -OCH3 is 1. The molecule has 0 spiro atoms. The Morgan fingerprint density at radius 3 is 2.64 bits per heavy atom. The van der Waals surface area contributed by atoms with Crippen LogP contribution in [-0.4, -0.2) is 35.6 Å². The van der Waals surface area contributed by atoms with Crippen molar-refractivity contribution in [3.05, 3.63) is 76.2 Å². The minimum atomic E-state index is -0.348. The molecular weight excluding hydrogens is 358 g/mol. The molecule has 28 heavy (non-hydrogen) atoms. The van der Waals surface area contributed by atoms with Crippen LogP contribution in [0, 0.1) is 6.92 Å². The second-order valence-electron chi connectivity index (χ2n) is 5.97. The van der Waals surface area contributed by atoms with Crippen LogP contribution in [0.2, 0.25) is 0 Å². The number of ether oxygens (including phenoxy) is 1. The van der Waals surface area contributed by atoms with Gasteiger partial charge in [0, 0.05) is 5.69 Å². The summed E-state index contributed by atoms with van der Waals surface area (Å²) in [6.07, 6.45) is 1.34. The molecule has 0 aliphatic heterocycles. The van der Waals surface area contributed by atoms with Gasteiger partial charge < -0.3 is 10.1 Å². The zero-order valence-electron chi connectivity index (χ0n) is 15.6. The minimum absolute atomic E-state index is 0.0120. The number of hydrogen-bond acceptors (Lipinski definition) is 5. The van der Waals surface area contributed by atoms with Gasteiger partial charge in [-0.2, -0.15) is 5.10 Å². The second-order valence-corrected chi connectivity index (χ2v) is 5.97. The molecule has 144 valence electrons. The number of aryl methyl sites for hydroxylation is 1. The number of para-hydroxylation sites is 3. The topological polar surface area (TPSA) is 101 Å². The van der Waals surface area contributed by atoms with E-state index in [1.165, 1.54) is 10.9 Å². The molecule has 0 bridgehead atoms. The lowest BCUT2D eigenvalue weighted by molar-refractivity contribution is -0.119. The van der Waals surface area contributed by atoms with Gasteiger partial charge in [-0.3, -0.25) is 14.7 Å². The van der Waals surface area contributed by atoms with Crippen molar-refractivity contribution in [3.63, 3.8) is 0 Å². The standard InChI is InChI=1S/C20H21N5O3/c1-14-16(20(27)25(24-14)15-8-4-3-5-9-15)12-22-23-19(26)13-21-17-10-6-7-11-18(17)28-2/h3-12,21,24H,13H2,1-2H3,(H,23,26)/b22-12-. The van der Waals surface area contributed by atoms with Gasteiger partial charge in [0.15, 0.2) is 0 Å². The van der Waals surface area contributed by atoms with Crippen LogP contribution in [0.1, 0.15) is 11.3 Å². The first kappa shape index (κ1) is 19.0. The third-order valence-electron chi connectivity index (χ3n) is 4.06. The molecule has 1 heterocycles. The third kappa shape index (κ3) is 4.29. The summed E-state index contributed by atoms with van der Waals surface area (Å²) in [5.41, 5.74) is 4.62. The van der Waals surface area contributed by atoms with Crippen LogP contribution >= 0.6 is 0 Å². The second kappa shape index (κ2) is 8.72. The lowest BCUT2D eigenvalue weighted by atomic mass is 10.3. The normalized spacial score (nSPS) is 10.8. The number of anilines is 1. The van der Waals surface area contributed by atoms with Gasteiger partial charge in [-0.25, -0.2) is 10.1 Å². The van der Waals surface area contributed by atoms with E-state index < -0.39 is 0 Å². The van der Waals surface area contributed by atoms with E-state index >= 15 is 0 Å². The highest BCUT2D eigenvalue weighted by Gasteiger charge is 2.10. The first-order chi connectivity index (χ1) is 13.6. The van der Waals surface area contributed by atoms with E-state index in [9.17, 15) is 9.59 Å². The maximum Gasteiger partial charge on any atom is 0.280 e. The Kier molecular flexibility index (Phi) is 5.91. The minimum Gasteiger partial charge on any atom is -0.495 e. The van der Waals surface area contributed by atoms with Crippen LogP contribution < -0.4 is 21.0 Å². The number of aromatic nitrogens is 2. The summed E-state index contributed by atoms with van der Waals surface area (Å²) in [4.78, 5) is 24.5. The van der Waals surface area contributed by atoms with E-state index in [0.717, 1.165) is 5.69 Å². The highest BCUT2D eigenvalue weighted by Crippen LogP contribution is 2.22. The lowest BCUT2D eigenvalue weighted by Gasteiger charge is -2.09. The summed E-state index contributed by atoms with van der Waals surface area (Å²) in [6.45, 7) is 1.78.